The molecule has 0 aliphatic heterocycles. The van der Waals surface area contributed by atoms with Crippen molar-refractivity contribution in [1.82, 2.24) is 4.98 Å². The molecule has 0 aliphatic rings. The van der Waals surface area contributed by atoms with Crippen LogP contribution >= 0.6 is 27.3 Å². The maximum Gasteiger partial charge on any atom is 0.120 e. The molecule has 1 heterocycles. The van der Waals surface area contributed by atoms with Gasteiger partial charge in [-0.3, -0.25) is 0 Å². The van der Waals surface area contributed by atoms with Gasteiger partial charge in [0.2, 0.25) is 0 Å². The van der Waals surface area contributed by atoms with Gasteiger partial charge in [0.1, 0.15) is 5.75 Å². The van der Waals surface area contributed by atoms with E-state index in [-0.39, 0.29) is 0 Å². The molecule has 0 atom stereocenters. The number of thiazole rings is 1. The van der Waals surface area contributed by atoms with Gasteiger partial charge in [-0.2, -0.15) is 0 Å². The molecule has 0 spiro atoms. The lowest BCUT2D eigenvalue weighted by atomic mass is 10.0. The molecule has 1 aromatic heterocycles. The molecule has 3 aromatic carbocycles. The average molecular weight is 398 g/mol. The Morgan fingerprint density at radius 1 is 1.00 bits per heavy atom. The molecular formula is C20H16BrNOS. The zero-order valence-corrected chi connectivity index (χ0v) is 15.4. The summed E-state index contributed by atoms with van der Waals surface area (Å²) in [4.78, 5) is 4.79. The van der Waals surface area contributed by atoms with E-state index in [0.29, 0.717) is 6.61 Å². The first-order valence-electron chi connectivity index (χ1n) is 7.88. The lowest BCUT2D eigenvalue weighted by molar-refractivity contribution is 0.345. The molecule has 120 valence electrons. The summed E-state index contributed by atoms with van der Waals surface area (Å²) in [6, 6.07) is 21.1. The van der Waals surface area contributed by atoms with Crippen molar-refractivity contribution in [2.24, 2.45) is 0 Å². The Kier molecular flexibility index (Phi) is 4.50. The second-order valence-electron chi connectivity index (χ2n) is 5.59. The number of aromatic nitrogens is 1. The fraction of sp³-hybridized carbons (Fsp3) is 0.150. The van der Waals surface area contributed by atoms with Crippen molar-refractivity contribution >= 4 is 48.3 Å². The van der Waals surface area contributed by atoms with E-state index in [4.69, 9.17) is 9.72 Å². The lowest BCUT2D eigenvalue weighted by Gasteiger charge is -2.04. The topological polar surface area (TPSA) is 22.1 Å². The highest BCUT2D eigenvalue weighted by molar-refractivity contribution is 9.09. The van der Waals surface area contributed by atoms with Crippen LogP contribution < -0.4 is 4.74 Å². The highest BCUT2D eigenvalue weighted by Gasteiger charge is 2.08. The standard InChI is InChI=1S/C20H16BrNOS/c21-10-11-23-16-8-9-18-19(13-16)24-20(22-18)12-15-6-3-5-14-4-1-2-7-17(14)15/h1-9,13H,10-12H2. The van der Waals surface area contributed by atoms with Gasteiger partial charge in [-0.1, -0.05) is 58.4 Å². The SMILES string of the molecule is BrCCOc1ccc2nc(Cc3cccc4ccccc34)sc2c1. The van der Waals surface area contributed by atoms with E-state index in [9.17, 15) is 0 Å². The van der Waals surface area contributed by atoms with Gasteiger partial charge >= 0.3 is 0 Å². The van der Waals surface area contributed by atoms with Gasteiger partial charge in [-0.25, -0.2) is 4.98 Å². The second-order valence-corrected chi connectivity index (χ2v) is 7.50. The largest absolute Gasteiger partial charge is 0.493 e. The predicted octanol–water partition coefficient (Wildman–Crippen LogP) is 5.81. The van der Waals surface area contributed by atoms with Crippen LogP contribution in [-0.4, -0.2) is 16.9 Å². The normalized spacial score (nSPS) is 11.2. The third-order valence-corrected chi connectivity index (χ3v) is 5.31. The Hall–Kier alpha value is -1.91. The van der Waals surface area contributed by atoms with Crippen molar-refractivity contribution < 1.29 is 4.74 Å². The van der Waals surface area contributed by atoms with Crippen LogP contribution in [0.1, 0.15) is 10.6 Å². The van der Waals surface area contributed by atoms with Crippen LogP contribution in [0.15, 0.2) is 60.7 Å². The third kappa shape index (κ3) is 3.17. The molecule has 4 heteroatoms. The minimum absolute atomic E-state index is 0.674. The number of halogens is 1. The molecule has 24 heavy (non-hydrogen) atoms. The molecule has 0 saturated heterocycles. The van der Waals surface area contributed by atoms with Crippen molar-refractivity contribution in [3.63, 3.8) is 0 Å². The Balaban J connectivity index is 1.66. The first kappa shape index (κ1) is 15.6. The van der Waals surface area contributed by atoms with Crippen LogP contribution in [0.4, 0.5) is 0 Å². The Morgan fingerprint density at radius 3 is 2.79 bits per heavy atom. The van der Waals surface area contributed by atoms with Crippen molar-refractivity contribution in [2.45, 2.75) is 6.42 Å². The van der Waals surface area contributed by atoms with E-state index in [1.54, 1.807) is 11.3 Å². The molecular weight excluding hydrogens is 382 g/mol. The molecule has 0 fully saturated rings. The molecule has 2 nitrogen and oxygen atoms in total. The van der Waals surface area contributed by atoms with Crippen molar-refractivity contribution in [3.05, 3.63) is 71.2 Å². The van der Waals surface area contributed by atoms with E-state index in [0.717, 1.165) is 28.0 Å². The second kappa shape index (κ2) is 6.91. The minimum Gasteiger partial charge on any atom is -0.493 e. The van der Waals surface area contributed by atoms with Crippen molar-refractivity contribution in [3.8, 4) is 5.75 Å². The molecule has 0 radical (unpaired) electrons. The number of ether oxygens (including phenoxy) is 1. The van der Waals surface area contributed by atoms with Crippen molar-refractivity contribution in [1.29, 1.82) is 0 Å². The maximum absolute atomic E-state index is 5.68. The van der Waals surface area contributed by atoms with E-state index in [1.165, 1.54) is 21.0 Å². The van der Waals surface area contributed by atoms with Crippen LogP contribution in [0, 0.1) is 0 Å². The fourth-order valence-corrected chi connectivity index (χ4v) is 4.06. The lowest BCUT2D eigenvalue weighted by Crippen LogP contribution is -1.96. The van der Waals surface area contributed by atoms with Crippen LogP contribution in [0.25, 0.3) is 21.0 Å². The summed E-state index contributed by atoms with van der Waals surface area (Å²) >= 11 is 5.13. The molecule has 4 rings (SSSR count). The third-order valence-electron chi connectivity index (χ3n) is 3.97. The number of fused-ring (bicyclic) bond motifs is 2. The number of rotatable bonds is 5. The van der Waals surface area contributed by atoms with E-state index in [2.05, 4.69) is 64.5 Å². The molecule has 0 unspecified atom stereocenters. The van der Waals surface area contributed by atoms with Crippen LogP contribution in [0.3, 0.4) is 0 Å². The average Bonchev–Trinajstić information content (AvgIpc) is 3.02. The molecule has 4 aromatic rings. The summed E-state index contributed by atoms with van der Waals surface area (Å²) in [5.41, 5.74) is 2.37. The number of alkyl halides is 1. The molecule has 0 amide bonds. The maximum atomic E-state index is 5.68. The van der Waals surface area contributed by atoms with Gasteiger partial charge in [0.05, 0.1) is 21.8 Å². The highest BCUT2D eigenvalue weighted by atomic mass is 79.9. The fourth-order valence-electron chi connectivity index (χ4n) is 2.88. The van der Waals surface area contributed by atoms with E-state index in [1.807, 2.05) is 12.1 Å². The van der Waals surface area contributed by atoms with Crippen molar-refractivity contribution in [2.75, 3.05) is 11.9 Å². The molecule has 0 aliphatic carbocycles. The number of benzene rings is 3. The number of hydrogen-bond acceptors (Lipinski definition) is 3. The van der Waals surface area contributed by atoms with Crippen LogP contribution in [0.2, 0.25) is 0 Å². The van der Waals surface area contributed by atoms with Crippen LogP contribution in [-0.2, 0) is 6.42 Å². The zero-order valence-electron chi connectivity index (χ0n) is 13.0. The molecule has 0 saturated carbocycles. The summed E-state index contributed by atoms with van der Waals surface area (Å²) in [6.45, 7) is 0.674. The van der Waals surface area contributed by atoms with Gasteiger partial charge in [0.25, 0.3) is 0 Å². The molecule has 0 N–H and O–H groups in total. The van der Waals surface area contributed by atoms with E-state index >= 15 is 0 Å². The monoisotopic (exact) mass is 397 g/mol. The quantitative estimate of drug-likeness (QED) is 0.396. The van der Waals surface area contributed by atoms with Gasteiger partial charge in [0.15, 0.2) is 0 Å². The summed E-state index contributed by atoms with van der Waals surface area (Å²) in [5.74, 6) is 0.905. The van der Waals surface area contributed by atoms with Gasteiger partial charge in [-0.05, 0) is 34.5 Å². The molecule has 0 bridgehead atoms. The highest BCUT2D eigenvalue weighted by Crippen LogP contribution is 2.29. The van der Waals surface area contributed by atoms with Gasteiger partial charge < -0.3 is 4.74 Å². The Bertz CT molecular complexity index is 990. The first-order valence-corrected chi connectivity index (χ1v) is 9.82. The summed E-state index contributed by atoms with van der Waals surface area (Å²) in [5, 5.41) is 4.56. The van der Waals surface area contributed by atoms with E-state index < -0.39 is 0 Å². The first-order chi connectivity index (χ1) is 11.8. The number of nitrogens with zero attached hydrogens (tertiary/aromatic N) is 1. The summed E-state index contributed by atoms with van der Waals surface area (Å²) in [7, 11) is 0. The van der Waals surface area contributed by atoms with Crippen LogP contribution in [0.5, 0.6) is 5.75 Å². The van der Waals surface area contributed by atoms with Gasteiger partial charge in [-0.15, -0.1) is 11.3 Å². The Labute approximate surface area is 153 Å². The minimum atomic E-state index is 0.674. The predicted molar refractivity (Wildman–Crippen MR) is 106 cm³/mol. The van der Waals surface area contributed by atoms with Gasteiger partial charge in [0, 0.05) is 11.8 Å². The number of hydrogen-bond donors (Lipinski definition) is 0. The summed E-state index contributed by atoms with van der Waals surface area (Å²) < 4.78 is 6.86. The Morgan fingerprint density at radius 2 is 1.88 bits per heavy atom. The zero-order chi connectivity index (χ0) is 16.4. The smallest absolute Gasteiger partial charge is 0.120 e. The summed E-state index contributed by atoms with van der Waals surface area (Å²) in [6.07, 6.45) is 0.859.